The molecule has 2 amide bonds. The third-order valence-electron chi connectivity index (χ3n) is 4.65. The summed E-state index contributed by atoms with van der Waals surface area (Å²) in [6, 6.07) is 6.68. The largest absolute Gasteiger partial charge is 0.497 e. The van der Waals surface area contributed by atoms with E-state index in [-0.39, 0.29) is 24.8 Å². The maximum atomic E-state index is 12.4. The quantitative estimate of drug-likeness (QED) is 0.686. The summed E-state index contributed by atoms with van der Waals surface area (Å²) in [7, 11) is 3.19. The second-order valence-corrected chi connectivity index (χ2v) is 6.43. The van der Waals surface area contributed by atoms with Gasteiger partial charge in [0.15, 0.2) is 0 Å². The Morgan fingerprint density at radius 2 is 2.21 bits per heavy atom. The summed E-state index contributed by atoms with van der Waals surface area (Å²) >= 11 is 0. The Balaban J connectivity index is 1.66. The topological polar surface area (TPSA) is 106 Å². The number of rotatable bonds is 8. The number of hydrogen-bond acceptors (Lipinski definition) is 7. The van der Waals surface area contributed by atoms with E-state index in [0.717, 1.165) is 5.56 Å². The molecule has 1 fully saturated rings. The molecule has 2 heterocycles. The fraction of sp³-hybridized carbons (Fsp3) is 0.421. The fourth-order valence-electron chi connectivity index (χ4n) is 3.14. The summed E-state index contributed by atoms with van der Waals surface area (Å²) in [5, 5.41) is 9.35. The molecule has 1 unspecified atom stereocenters. The minimum Gasteiger partial charge on any atom is -0.497 e. The highest BCUT2D eigenvalue weighted by Crippen LogP contribution is 2.27. The van der Waals surface area contributed by atoms with Crippen LogP contribution in [0.25, 0.3) is 0 Å². The number of nitrogens with zero attached hydrogens (tertiary/aromatic N) is 2. The van der Waals surface area contributed by atoms with Crippen molar-refractivity contribution in [3.05, 3.63) is 41.8 Å². The third-order valence-corrected chi connectivity index (χ3v) is 4.65. The monoisotopic (exact) mass is 388 g/mol. The van der Waals surface area contributed by atoms with Crippen molar-refractivity contribution in [2.24, 2.45) is 0 Å². The second-order valence-electron chi connectivity index (χ2n) is 6.43. The summed E-state index contributed by atoms with van der Waals surface area (Å²) in [5.74, 6) is 0.993. The predicted molar refractivity (Wildman–Crippen MR) is 99.7 cm³/mol. The first-order valence-electron chi connectivity index (χ1n) is 8.99. The standard InChI is InChI=1S/C19H24N4O5/c1-26-15-4-3-13(17(9-15)27-2)12-23-7-6-20-19(25)16(23)10-18(24)21-11-14-5-8-28-22-14/h3-5,8-9,16H,6-7,10-12H2,1-2H3,(H,20,25)(H,21,24). The van der Waals surface area contributed by atoms with Crippen LogP contribution in [0.5, 0.6) is 11.5 Å². The fourth-order valence-corrected chi connectivity index (χ4v) is 3.14. The van der Waals surface area contributed by atoms with Crippen LogP contribution in [-0.4, -0.2) is 55.2 Å². The third kappa shape index (κ3) is 4.80. The minimum absolute atomic E-state index is 0.0577. The van der Waals surface area contributed by atoms with Crippen LogP contribution in [0.4, 0.5) is 0 Å². The van der Waals surface area contributed by atoms with E-state index in [0.29, 0.717) is 36.8 Å². The molecule has 0 radical (unpaired) electrons. The van der Waals surface area contributed by atoms with E-state index in [2.05, 4.69) is 15.8 Å². The average molecular weight is 388 g/mol. The van der Waals surface area contributed by atoms with E-state index >= 15 is 0 Å². The van der Waals surface area contributed by atoms with E-state index in [1.54, 1.807) is 26.4 Å². The highest BCUT2D eigenvalue weighted by Gasteiger charge is 2.32. The van der Waals surface area contributed by atoms with E-state index < -0.39 is 6.04 Å². The molecule has 2 N–H and O–H groups in total. The zero-order valence-corrected chi connectivity index (χ0v) is 15.9. The van der Waals surface area contributed by atoms with Crippen molar-refractivity contribution in [2.45, 2.75) is 25.6 Å². The molecule has 0 spiro atoms. The number of carbonyl (C=O) groups excluding carboxylic acids is 2. The van der Waals surface area contributed by atoms with Gasteiger partial charge in [-0.25, -0.2) is 0 Å². The molecule has 1 saturated heterocycles. The predicted octanol–water partition coefficient (Wildman–Crippen LogP) is 0.699. The van der Waals surface area contributed by atoms with Crippen molar-refractivity contribution < 1.29 is 23.6 Å². The first-order chi connectivity index (χ1) is 13.6. The lowest BCUT2D eigenvalue weighted by molar-refractivity contribution is -0.134. The van der Waals surface area contributed by atoms with Gasteiger partial charge < -0.3 is 24.6 Å². The van der Waals surface area contributed by atoms with Gasteiger partial charge in [0.25, 0.3) is 0 Å². The second kappa shape index (κ2) is 9.23. The van der Waals surface area contributed by atoms with E-state index in [4.69, 9.17) is 14.0 Å². The molecule has 0 saturated carbocycles. The number of aromatic nitrogens is 1. The number of piperazine rings is 1. The molecule has 1 aliphatic rings. The van der Waals surface area contributed by atoms with E-state index in [1.807, 2.05) is 17.0 Å². The number of ether oxygens (including phenoxy) is 2. The zero-order valence-electron chi connectivity index (χ0n) is 15.9. The van der Waals surface area contributed by atoms with Crippen LogP contribution in [0.3, 0.4) is 0 Å². The van der Waals surface area contributed by atoms with Gasteiger partial charge in [0.1, 0.15) is 23.5 Å². The molecule has 0 bridgehead atoms. The molecule has 1 aliphatic heterocycles. The molecule has 9 heteroatoms. The molecule has 3 rings (SSSR count). The van der Waals surface area contributed by atoms with Gasteiger partial charge in [0, 0.05) is 37.3 Å². The van der Waals surface area contributed by atoms with Crippen LogP contribution >= 0.6 is 0 Å². The molecule has 9 nitrogen and oxygen atoms in total. The Morgan fingerprint density at radius 1 is 1.36 bits per heavy atom. The van der Waals surface area contributed by atoms with Crippen LogP contribution in [0.2, 0.25) is 0 Å². The van der Waals surface area contributed by atoms with Crippen molar-refractivity contribution in [3.8, 4) is 11.5 Å². The summed E-state index contributed by atoms with van der Waals surface area (Å²) in [4.78, 5) is 26.7. The van der Waals surface area contributed by atoms with Crippen molar-refractivity contribution in [2.75, 3.05) is 27.3 Å². The number of hydrogen-bond donors (Lipinski definition) is 2. The van der Waals surface area contributed by atoms with Crippen LogP contribution in [-0.2, 0) is 22.7 Å². The van der Waals surface area contributed by atoms with E-state index in [1.165, 1.54) is 6.26 Å². The lowest BCUT2D eigenvalue weighted by atomic mass is 10.1. The Hall–Kier alpha value is -3.07. The maximum Gasteiger partial charge on any atom is 0.237 e. The molecule has 1 aromatic heterocycles. The molecule has 1 aromatic carbocycles. The smallest absolute Gasteiger partial charge is 0.237 e. The highest BCUT2D eigenvalue weighted by molar-refractivity contribution is 5.88. The van der Waals surface area contributed by atoms with Gasteiger partial charge in [-0.05, 0) is 6.07 Å². The summed E-state index contributed by atoms with van der Waals surface area (Å²) in [6.07, 6.45) is 1.50. The Kier molecular flexibility index (Phi) is 6.49. The Morgan fingerprint density at radius 3 is 2.93 bits per heavy atom. The molecular weight excluding hydrogens is 364 g/mol. The van der Waals surface area contributed by atoms with Crippen molar-refractivity contribution in [1.82, 2.24) is 20.7 Å². The number of methoxy groups -OCH3 is 2. The molecule has 150 valence electrons. The number of benzene rings is 1. The summed E-state index contributed by atoms with van der Waals surface area (Å²) in [6.45, 7) is 1.92. The lowest BCUT2D eigenvalue weighted by Gasteiger charge is -2.35. The average Bonchev–Trinajstić information content (AvgIpc) is 3.23. The molecular formula is C19H24N4O5. The van der Waals surface area contributed by atoms with Gasteiger partial charge in [-0.3, -0.25) is 14.5 Å². The molecule has 2 aromatic rings. The first-order valence-corrected chi connectivity index (χ1v) is 8.99. The van der Waals surface area contributed by atoms with Gasteiger partial charge in [0.2, 0.25) is 11.8 Å². The van der Waals surface area contributed by atoms with Gasteiger partial charge in [-0.1, -0.05) is 11.2 Å². The van der Waals surface area contributed by atoms with Gasteiger partial charge >= 0.3 is 0 Å². The lowest BCUT2D eigenvalue weighted by Crippen LogP contribution is -2.56. The van der Waals surface area contributed by atoms with Crippen molar-refractivity contribution >= 4 is 11.8 Å². The number of nitrogens with one attached hydrogen (secondary N) is 2. The van der Waals surface area contributed by atoms with Crippen LogP contribution in [0, 0.1) is 0 Å². The first kappa shape index (κ1) is 19.7. The van der Waals surface area contributed by atoms with Crippen LogP contribution in [0.1, 0.15) is 17.7 Å². The highest BCUT2D eigenvalue weighted by atomic mass is 16.5. The zero-order chi connectivity index (χ0) is 19.9. The number of carbonyl (C=O) groups is 2. The van der Waals surface area contributed by atoms with Crippen molar-refractivity contribution in [1.29, 1.82) is 0 Å². The summed E-state index contributed by atoms with van der Waals surface area (Å²) < 4.78 is 15.4. The molecule has 0 aliphatic carbocycles. The Bertz CT molecular complexity index is 809. The molecule has 28 heavy (non-hydrogen) atoms. The SMILES string of the molecule is COc1ccc(CN2CCNC(=O)C2CC(=O)NCc2ccon2)c(OC)c1. The number of amides is 2. The van der Waals surface area contributed by atoms with Crippen LogP contribution in [0.15, 0.2) is 35.1 Å². The molecule has 1 atom stereocenters. The van der Waals surface area contributed by atoms with Crippen LogP contribution < -0.4 is 20.1 Å². The summed E-state index contributed by atoms with van der Waals surface area (Å²) in [5.41, 5.74) is 1.55. The van der Waals surface area contributed by atoms with Crippen molar-refractivity contribution in [3.63, 3.8) is 0 Å². The van der Waals surface area contributed by atoms with E-state index in [9.17, 15) is 9.59 Å². The van der Waals surface area contributed by atoms with Gasteiger partial charge in [-0.15, -0.1) is 0 Å². The van der Waals surface area contributed by atoms with Gasteiger partial charge in [-0.2, -0.15) is 0 Å². The minimum atomic E-state index is -0.558. The van der Waals surface area contributed by atoms with Gasteiger partial charge in [0.05, 0.1) is 33.2 Å². The maximum absolute atomic E-state index is 12.4. The Labute approximate surface area is 163 Å². The normalized spacial score (nSPS) is 17.1.